The molecule has 0 radical (unpaired) electrons. The summed E-state index contributed by atoms with van der Waals surface area (Å²) in [7, 11) is 0. The second-order valence-electron chi connectivity index (χ2n) is 7.00. The van der Waals surface area contributed by atoms with Gasteiger partial charge in [0.15, 0.2) is 0 Å². The van der Waals surface area contributed by atoms with Crippen LogP contribution in [-0.4, -0.2) is 12.6 Å². The largest absolute Gasteiger partial charge is 0.494 e. The zero-order chi connectivity index (χ0) is 21.9. The van der Waals surface area contributed by atoms with Crippen LogP contribution in [0, 0.1) is 5.82 Å². The summed E-state index contributed by atoms with van der Waals surface area (Å²) in [5, 5.41) is 8.38. The molecule has 0 atom stereocenters. The fraction of sp³-hybridized carbons (Fsp3) is 0.240. The molecule has 0 saturated heterocycles. The summed E-state index contributed by atoms with van der Waals surface area (Å²) >= 11 is 0. The van der Waals surface area contributed by atoms with Gasteiger partial charge in [0.2, 0.25) is 0 Å². The predicted octanol–water partition coefficient (Wildman–Crippen LogP) is 7.42. The van der Waals surface area contributed by atoms with Crippen molar-refractivity contribution in [3.05, 3.63) is 84.2 Å². The van der Waals surface area contributed by atoms with Gasteiger partial charge < -0.3 is 9.47 Å². The monoisotopic (exact) mass is 420 g/mol. The van der Waals surface area contributed by atoms with Crippen LogP contribution in [0.3, 0.4) is 0 Å². The normalized spacial score (nSPS) is 10.9. The third kappa shape index (κ3) is 7.33. The molecule has 3 rings (SSSR count). The Labute approximate surface area is 181 Å². The van der Waals surface area contributed by atoms with Crippen LogP contribution < -0.4 is 9.47 Å². The predicted molar refractivity (Wildman–Crippen MR) is 118 cm³/mol. The van der Waals surface area contributed by atoms with E-state index >= 15 is 0 Å². The summed E-state index contributed by atoms with van der Waals surface area (Å²) in [5.74, 6) is -0.0641. The van der Waals surface area contributed by atoms with Gasteiger partial charge in [-0.1, -0.05) is 32.3 Å². The molecule has 0 aromatic heterocycles. The van der Waals surface area contributed by atoms with Crippen LogP contribution in [0.1, 0.15) is 43.0 Å². The van der Waals surface area contributed by atoms with Gasteiger partial charge in [-0.15, -0.1) is 0 Å². The molecular weight excluding hydrogens is 395 g/mol. The van der Waals surface area contributed by atoms with Crippen LogP contribution in [0.5, 0.6) is 11.5 Å². The van der Waals surface area contributed by atoms with Gasteiger partial charge in [0.05, 0.1) is 23.5 Å². The number of unbranched alkanes of at least 4 members (excludes halogenated alkanes) is 3. The van der Waals surface area contributed by atoms with Crippen molar-refractivity contribution in [1.29, 1.82) is 0 Å². The number of halogens is 1. The quantitative estimate of drug-likeness (QED) is 0.148. The topological polar surface area (TPSA) is 60.2 Å². The van der Waals surface area contributed by atoms with Gasteiger partial charge in [-0.3, -0.25) is 0 Å². The van der Waals surface area contributed by atoms with E-state index in [-0.39, 0.29) is 5.75 Å². The summed E-state index contributed by atoms with van der Waals surface area (Å²) in [6.07, 6.45) is 4.68. The van der Waals surface area contributed by atoms with Crippen LogP contribution in [0.25, 0.3) is 0 Å². The van der Waals surface area contributed by atoms with E-state index in [0.29, 0.717) is 16.9 Å². The van der Waals surface area contributed by atoms with Crippen molar-refractivity contribution in [3.8, 4) is 11.5 Å². The highest BCUT2D eigenvalue weighted by molar-refractivity contribution is 5.91. The highest BCUT2D eigenvalue weighted by Crippen LogP contribution is 2.22. The average molecular weight is 420 g/mol. The molecule has 0 saturated carbocycles. The molecule has 0 amide bonds. The molecule has 0 unspecified atom stereocenters. The van der Waals surface area contributed by atoms with Gasteiger partial charge in [0, 0.05) is 6.07 Å². The Morgan fingerprint density at radius 2 is 1.52 bits per heavy atom. The van der Waals surface area contributed by atoms with Crippen molar-refractivity contribution in [2.45, 2.75) is 32.6 Å². The molecule has 0 spiro atoms. The SMILES string of the molecule is CCCCCCOc1ccc(N=Nc2ccc(C(=O)Oc3cccc(F)c3)cc2)cc1. The Kier molecular flexibility index (Phi) is 8.29. The number of carbonyl (C=O) groups excluding carboxylic acids is 1. The van der Waals surface area contributed by atoms with Gasteiger partial charge in [-0.25, -0.2) is 9.18 Å². The van der Waals surface area contributed by atoms with Crippen molar-refractivity contribution in [2.24, 2.45) is 10.2 Å². The smallest absolute Gasteiger partial charge is 0.343 e. The highest BCUT2D eigenvalue weighted by atomic mass is 19.1. The van der Waals surface area contributed by atoms with Gasteiger partial charge in [0.25, 0.3) is 0 Å². The second-order valence-corrected chi connectivity index (χ2v) is 7.00. The first-order chi connectivity index (χ1) is 15.1. The first kappa shape index (κ1) is 22.2. The van der Waals surface area contributed by atoms with Crippen LogP contribution in [0.2, 0.25) is 0 Å². The lowest BCUT2D eigenvalue weighted by Crippen LogP contribution is -2.08. The molecule has 3 aromatic carbocycles. The Morgan fingerprint density at radius 1 is 0.839 bits per heavy atom. The summed E-state index contributed by atoms with van der Waals surface area (Å²) < 4.78 is 24.1. The minimum Gasteiger partial charge on any atom is -0.494 e. The number of ether oxygens (including phenoxy) is 2. The highest BCUT2D eigenvalue weighted by Gasteiger charge is 2.09. The van der Waals surface area contributed by atoms with E-state index in [1.54, 1.807) is 24.3 Å². The van der Waals surface area contributed by atoms with Crippen molar-refractivity contribution in [1.82, 2.24) is 0 Å². The van der Waals surface area contributed by atoms with Gasteiger partial charge in [-0.05, 0) is 67.1 Å². The van der Waals surface area contributed by atoms with Crippen molar-refractivity contribution in [2.75, 3.05) is 6.61 Å². The van der Waals surface area contributed by atoms with Crippen LogP contribution >= 0.6 is 0 Å². The number of rotatable bonds is 10. The van der Waals surface area contributed by atoms with E-state index in [0.717, 1.165) is 24.8 Å². The summed E-state index contributed by atoms with van der Waals surface area (Å²) in [6, 6.07) is 19.4. The molecule has 160 valence electrons. The van der Waals surface area contributed by atoms with Gasteiger partial charge in [-0.2, -0.15) is 10.2 Å². The molecule has 6 heteroatoms. The van der Waals surface area contributed by atoms with Crippen LogP contribution in [0.4, 0.5) is 15.8 Å². The first-order valence-electron chi connectivity index (χ1n) is 10.4. The number of hydrogen-bond donors (Lipinski definition) is 0. The van der Waals surface area contributed by atoms with E-state index < -0.39 is 11.8 Å². The maximum absolute atomic E-state index is 13.2. The number of azo groups is 1. The standard InChI is InChI=1S/C25H25FN2O3/c1-2-3-4-5-17-30-23-15-13-22(14-16-23)28-27-21-11-9-19(10-12-21)25(29)31-24-8-6-7-20(26)18-24/h6-16,18H,2-5,17H2,1H3. The van der Waals surface area contributed by atoms with E-state index in [9.17, 15) is 9.18 Å². The molecular formula is C25H25FN2O3. The fourth-order valence-corrected chi connectivity index (χ4v) is 2.80. The third-order valence-corrected chi connectivity index (χ3v) is 4.49. The van der Waals surface area contributed by atoms with E-state index in [2.05, 4.69) is 17.2 Å². The third-order valence-electron chi connectivity index (χ3n) is 4.49. The summed E-state index contributed by atoms with van der Waals surface area (Å²) in [4.78, 5) is 12.2. The molecule has 31 heavy (non-hydrogen) atoms. The lowest BCUT2D eigenvalue weighted by molar-refractivity contribution is 0.0734. The molecule has 0 fully saturated rings. The number of hydrogen-bond acceptors (Lipinski definition) is 5. The number of esters is 1. The Bertz CT molecular complexity index is 1000. The molecule has 5 nitrogen and oxygen atoms in total. The van der Waals surface area contributed by atoms with Crippen molar-refractivity contribution in [3.63, 3.8) is 0 Å². The molecule has 0 aliphatic heterocycles. The summed E-state index contributed by atoms with van der Waals surface area (Å²) in [5.41, 5.74) is 1.63. The number of carbonyl (C=O) groups is 1. The minimum absolute atomic E-state index is 0.155. The maximum Gasteiger partial charge on any atom is 0.343 e. The zero-order valence-corrected chi connectivity index (χ0v) is 17.5. The molecule has 0 bridgehead atoms. The van der Waals surface area contributed by atoms with E-state index in [4.69, 9.17) is 9.47 Å². The molecule has 0 aliphatic rings. The Hall–Kier alpha value is -3.54. The Balaban J connectivity index is 1.51. The van der Waals surface area contributed by atoms with Crippen molar-refractivity contribution < 1.29 is 18.7 Å². The zero-order valence-electron chi connectivity index (χ0n) is 17.5. The lowest BCUT2D eigenvalue weighted by Gasteiger charge is -2.05. The van der Waals surface area contributed by atoms with Crippen molar-refractivity contribution >= 4 is 17.3 Å². The minimum atomic E-state index is -0.570. The number of nitrogens with zero attached hydrogens (tertiary/aromatic N) is 2. The van der Waals surface area contributed by atoms with Gasteiger partial charge in [0.1, 0.15) is 17.3 Å². The summed E-state index contributed by atoms with van der Waals surface area (Å²) in [6.45, 7) is 2.90. The Morgan fingerprint density at radius 3 is 2.16 bits per heavy atom. The van der Waals surface area contributed by atoms with Crippen LogP contribution in [0.15, 0.2) is 83.0 Å². The van der Waals surface area contributed by atoms with Gasteiger partial charge >= 0.3 is 5.97 Å². The second kappa shape index (κ2) is 11.6. The van der Waals surface area contributed by atoms with E-state index in [1.807, 2.05) is 24.3 Å². The van der Waals surface area contributed by atoms with Crippen LogP contribution in [-0.2, 0) is 0 Å². The molecule has 0 N–H and O–H groups in total. The maximum atomic E-state index is 13.2. The molecule has 3 aromatic rings. The first-order valence-corrected chi connectivity index (χ1v) is 10.4. The number of benzene rings is 3. The average Bonchev–Trinajstić information content (AvgIpc) is 2.79. The lowest BCUT2D eigenvalue weighted by atomic mass is 10.2. The van der Waals surface area contributed by atoms with E-state index in [1.165, 1.54) is 37.5 Å². The molecule has 0 aliphatic carbocycles. The molecule has 0 heterocycles. The fourth-order valence-electron chi connectivity index (χ4n) is 2.80.